The Morgan fingerprint density at radius 1 is 1.03 bits per heavy atom. The highest BCUT2D eigenvalue weighted by Gasteiger charge is 2.26. The summed E-state index contributed by atoms with van der Waals surface area (Å²) >= 11 is 5.50. The van der Waals surface area contributed by atoms with Crippen molar-refractivity contribution in [1.82, 2.24) is 15.1 Å². The Labute approximate surface area is 190 Å². The predicted molar refractivity (Wildman–Crippen MR) is 133 cm³/mol. The van der Waals surface area contributed by atoms with Crippen LogP contribution in [0.2, 0.25) is 0 Å². The molecule has 5 heteroatoms. The van der Waals surface area contributed by atoms with Crippen molar-refractivity contribution in [3.63, 3.8) is 0 Å². The van der Waals surface area contributed by atoms with Gasteiger partial charge in [-0.2, -0.15) is 5.10 Å². The van der Waals surface area contributed by atoms with Gasteiger partial charge in [-0.05, 0) is 68.2 Å². The topological polar surface area (TPSA) is 41.9 Å². The zero-order valence-electron chi connectivity index (χ0n) is 18.6. The van der Waals surface area contributed by atoms with Crippen LogP contribution in [0.4, 0.5) is 5.69 Å². The molecule has 1 heterocycles. The molecule has 31 heavy (non-hydrogen) atoms. The number of anilines is 1. The smallest absolute Gasteiger partial charge is 0.171 e. The van der Waals surface area contributed by atoms with E-state index in [1.54, 1.807) is 0 Å². The van der Waals surface area contributed by atoms with E-state index in [0.717, 1.165) is 23.5 Å². The van der Waals surface area contributed by atoms with Crippen molar-refractivity contribution < 1.29 is 0 Å². The van der Waals surface area contributed by atoms with Crippen LogP contribution in [0, 0.1) is 13.8 Å². The van der Waals surface area contributed by atoms with E-state index in [-0.39, 0.29) is 6.04 Å². The van der Waals surface area contributed by atoms with Crippen LogP contribution in [0.5, 0.6) is 0 Å². The number of allylic oxidation sites excluding steroid dienone is 1. The van der Waals surface area contributed by atoms with Crippen molar-refractivity contribution in [3.8, 4) is 5.69 Å². The number of thiocarbonyl (C=S) groups is 1. The number of para-hydroxylation sites is 1. The second-order valence-electron chi connectivity index (χ2n) is 8.54. The molecule has 2 N–H and O–H groups in total. The molecule has 0 radical (unpaired) electrons. The number of nitrogens with zero attached hydrogens (tertiary/aromatic N) is 2. The molecule has 0 saturated carbocycles. The van der Waals surface area contributed by atoms with E-state index in [9.17, 15) is 0 Å². The van der Waals surface area contributed by atoms with Crippen molar-refractivity contribution in [2.75, 3.05) is 5.32 Å². The monoisotopic (exact) mass is 430 g/mol. The molecule has 2 aromatic carbocycles. The molecule has 0 spiro atoms. The van der Waals surface area contributed by atoms with Crippen LogP contribution in [0.3, 0.4) is 0 Å². The fourth-order valence-electron chi connectivity index (χ4n) is 4.32. The Morgan fingerprint density at radius 3 is 2.42 bits per heavy atom. The maximum absolute atomic E-state index is 5.50. The molecule has 0 fully saturated rings. The molecule has 0 aliphatic heterocycles. The highest BCUT2D eigenvalue weighted by molar-refractivity contribution is 7.80. The lowest BCUT2D eigenvalue weighted by Gasteiger charge is -2.17. The summed E-state index contributed by atoms with van der Waals surface area (Å²) in [7, 11) is 0. The molecular formula is C26H30N4S. The Morgan fingerprint density at radius 2 is 1.74 bits per heavy atom. The quantitative estimate of drug-likeness (QED) is 0.384. The fraction of sp³-hybridized carbons (Fsp3) is 0.308. The van der Waals surface area contributed by atoms with Gasteiger partial charge in [-0.15, -0.1) is 0 Å². The summed E-state index contributed by atoms with van der Waals surface area (Å²) in [6.45, 7) is 8.71. The molecule has 0 saturated heterocycles. The first kappa shape index (κ1) is 21.3. The minimum atomic E-state index is 0.209. The lowest BCUT2D eigenvalue weighted by molar-refractivity contribution is 0.656. The van der Waals surface area contributed by atoms with Crippen molar-refractivity contribution in [1.29, 1.82) is 0 Å². The Balaban J connectivity index is 1.45. The van der Waals surface area contributed by atoms with E-state index in [4.69, 9.17) is 17.3 Å². The highest BCUT2D eigenvalue weighted by Crippen LogP contribution is 2.34. The molecular weight excluding hydrogens is 400 g/mol. The summed E-state index contributed by atoms with van der Waals surface area (Å²) in [5.41, 5.74) is 7.06. The van der Waals surface area contributed by atoms with Crippen LogP contribution in [-0.4, -0.2) is 20.9 Å². The second kappa shape index (κ2) is 9.06. The lowest BCUT2D eigenvalue weighted by atomic mass is 9.96. The van der Waals surface area contributed by atoms with Crippen LogP contribution >= 0.6 is 12.2 Å². The average Bonchev–Trinajstić information content (AvgIpc) is 3.32. The highest BCUT2D eigenvalue weighted by atomic mass is 32.1. The van der Waals surface area contributed by atoms with Gasteiger partial charge >= 0.3 is 0 Å². The largest absolute Gasteiger partial charge is 0.356 e. The molecule has 3 aromatic rings. The van der Waals surface area contributed by atoms with Crippen LogP contribution in [0.25, 0.3) is 5.69 Å². The maximum Gasteiger partial charge on any atom is 0.171 e. The lowest BCUT2D eigenvalue weighted by Crippen LogP contribution is -2.35. The number of hydrogen-bond acceptors (Lipinski definition) is 2. The van der Waals surface area contributed by atoms with Gasteiger partial charge in [-0.1, -0.05) is 56.3 Å². The first-order valence-electron chi connectivity index (χ1n) is 10.9. The van der Waals surface area contributed by atoms with Crippen molar-refractivity contribution in [2.45, 2.75) is 52.0 Å². The van der Waals surface area contributed by atoms with Crippen LogP contribution in [0.15, 0.2) is 66.7 Å². The summed E-state index contributed by atoms with van der Waals surface area (Å²) in [5.74, 6) is 0.862. The molecule has 1 aliphatic carbocycles. The predicted octanol–water partition coefficient (Wildman–Crippen LogP) is 6.01. The summed E-state index contributed by atoms with van der Waals surface area (Å²) < 4.78 is 2.07. The standard InChI is InChI=1S/C26H30N4S/c1-17(2)20-11-14-24(15-12-20)30-19(4)25(18(3)29-30)21-10-13-23(16-21)28-26(31)27-22-8-6-5-7-9-22/h5-15,17,21,23H,16H2,1-4H3,(H2,27,28,31). The molecule has 0 bridgehead atoms. The van der Waals surface area contributed by atoms with E-state index in [2.05, 4.69) is 79.4 Å². The van der Waals surface area contributed by atoms with Gasteiger partial charge in [0, 0.05) is 28.9 Å². The fourth-order valence-corrected chi connectivity index (χ4v) is 4.59. The zero-order valence-corrected chi connectivity index (χ0v) is 19.4. The zero-order chi connectivity index (χ0) is 22.0. The Bertz CT molecular complexity index is 1080. The number of hydrogen-bond donors (Lipinski definition) is 2. The maximum atomic E-state index is 5.50. The molecule has 1 aromatic heterocycles. The number of aryl methyl sites for hydroxylation is 1. The van der Waals surface area contributed by atoms with Crippen LogP contribution in [0.1, 0.15) is 54.6 Å². The Hall–Kier alpha value is -2.92. The van der Waals surface area contributed by atoms with E-state index >= 15 is 0 Å². The number of rotatable bonds is 5. The number of nitrogens with one attached hydrogen (secondary N) is 2. The van der Waals surface area contributed by atoms with E-state index in [1.165, 1.54) is 16.8 Å². The van der Waals surface area contributed by atoms with Gasteiger partial charge in [-0.25, -0.2) is 4.68 Å². The van der Waals surface area contributed by atoms with Crippen LogP contribution in [-0.2, 0) is 0 Å². The van der Waals surface area contributed by atoms with Crippen molar-refractivity contribution >= 4 is 23.0 Å². The molecule has 160 valence electrons. The Kier molecular flexibility index (Phi) is 6.23. The van der Waals surface area contributed by atoms with E-state index in [1.807, 2.05) is 30.3 Å². The van der Waals surface area contributed by atoms with E-state index in [0.29, 0.717) is 16.9 Å². The normalized spacial score (nSPS) is 17.8. The van der Waals surface area contributed by atoms with E-state index < -0.39 is 0 Å². The van der Waals surface area contributed by atoms with Gasteiger partial charge in [0.15, 0.2) is 5.11 Å². The average molecular weight is 431 g/mol. The van der Waals surface area contributed by atoms with Crippen LogP contribution < -0.4 is 10.6 Å². The molecule has 2 unspecified atom stereocenters. The minimum absolute atomic E-state index is 0.209. The third kappa shape index (κ3) is 4.72. The van der Waals surface area contributed by atoms with Gasteiger partial charge in [0.25, 0.3) is 0 Å². The van der Waals surface area contributed by atoms with Gasteiger partial charge in [0.1, 0.15) is 0 Å². The van der Waals surface area contributed by atoms with Crippen molar-refractivity contribution in [2.24, 2.45) is 0 Å². The van der Waals surface area contributed by atoms with Gasteiger partial charge in [0.2, 0.25) is 0 Å². The SMILES string of the molecule is Cc1nn(-c2ccc(C(C)C)cc2)c(C)c1C1C=CC(NC(=S)Nc2ccccc2)C1. The minimum Gasteiger partial charge on any atom is -0.356 e. The second-order valence-corrected chi connectivity index (χ2v) is 8.95. The summed E-state index contributed by atoms with van der Waals surface area (Å²) in [6, 6.07) is 19.0. The van der Waals surface area contributed by atoms with Gasteiger partial charge < -0.3 is 10.6 Å². The molecule has 2 atom stereocenters. The van der Waals surface area contributed by atoms with Gasteiger partial charge in [-0.3, -0.25) is 0 Å². The number of benzene rings is 2. The first-order valence-corrected chi connectivity index (χ1v) is 11.3. The van der Waals surface area contributed by atoms with Crippen molar-refractivity contribution in [3.05, 3.63) is 89.3 Å². The molecule has 4 rings (SSSR count). The third-order valence-corrected chi connectivity index (χ3v) is 6.17. The molecule has 1 aliphatic rings. The number of aromatic nitrogens is 2. The summed E-state index contributed by atoms with van der Waals surface area (Å²) in [6.07, 6.45) is 5.47. The molecule has 4 nitrogen and oxygen atoms in total. The third-order valence-electron chi connectivity index (χ3n) is 5.95. The first-order chi connectivity index (χ1) is 14.9. The molecule has 0 amide bonds. The van der Waals surface area contributed by atoms with Gasteiger partial charge in [0.05, 0.1) is 11.4 Å². The summed E-state index contributed by atoms with van der Waals surface area (Å²) in [4.78, 5) is 0. The summed E-state index contributed by atoms with van der Waals surface area (Å²) in [5, 5.41) is 12.2.